The molecule has 1 unspecified atom stereocenters. The van der Waals surface area contributed by atoms with E-state index in [0.29, 0.717) is 5.57 Å². The summed E-state index contributed by atoms with van der Waals surface area (Å²) < 4.78 is -0.965. The van der Waals surface area contributed by atoms with E-state index in [1.807, 2.05) is 0 Å². The maximum Gasteiger partial charge on any atom is 0.324 e. The number of carboxylic acids is 1. The molecule has 1 N–H and O–H groups in total. The van der Waals surface area contributed by atoms with E-state index in [2.05, 4.69) is 22.5 Å². The molecule has 0 aliphatic heterocycles. The number of hydrogen-bond acceptors (Lipinski definition) is 1. The summed E-state index contributed by atoms with van der Waals surface area (Å²) in [4.78, 5) is 10.4. The zero-order chi connectivity index (χ0) is 7.65. The molecule has 0 aliphatic rings. The lowest BCUT2D eigenvalue weighted by atomic mass is 10.1. The summed E-state index contributed by atoms with van der Waals surface area (Å²) in [7, 11) is 0. The van der Waals surface area contributed by atoms with Gasteiger partial charge in [-0.05, 0) is 13.8 Å². The predicted octanol–water partition coefficient (Wildman–Crippen LogP) is 1.80. The Labute approximate surface area is 62.7 Å². The molecule has 0 bridgehead atoms. The summed E-state index contributed by atoms with van der Waals surface area (Å²) in [5.41, 5.74) is 0.593. The lowest BCUT2D eigenvalue weighted by Gasteiger charge is -2.15. The number of rotatable bonds is 2. The minimum atomic E-state index is -0.965. The maximum absolute atomic E-state index is 10.4. The first-order valence-corrected chi connectivity index (χ1v) is 3.26. The molecule has 0 rings (SSSR count). The molecule has 0 aromatic rings. The van der Waals surface area contributed by atoms with Gasteiger partial charge in [0.2, 0.25) is 0 Å². The van der Waals surface area contributed by atoms with Gasteiger partial charge in [-0.15, -0.1) is 0 Å². The Morgan fingerprint density at radius 1 is 1.78 bits per heavy atom. The second-order valence-electron chi connectivity index (χ2n) is 2.09. The molecule has 0 aromatic carbocycles. The number of alkyl halides is 1. The molecule has 0 saturated carbocycles. The van der Waals surface area contributed by atoms with E-state index >= 15 is 0 Å². The van der Waals surface area contributed by atoms with Gasteiger partial charge in [-0.25, -0.2) is 0 Å². The molecule has 0 radical (unpaired) electrons. The van der Waals surface area contributed by atoms with Crippen molar-refractivity contribution in [1.29, 1.82) is 0 Å². The molecule has 0 saturated heterocycles. The van der Waals surface area contributed by atoms with Crippen LogP contribution in [0.15, 0.2) is 12.2 Å². The van der Waals surface area contributed by atoms with Crippen LogP contribution in [-0.2, 0) is 4.79 Å². The molecule has 52 valence electrons. The summed E-state index contributed by atoms with van der Waals surface area (Å²) in [5.74, 6) is -0.907. The summed E-state index contributed by atoms with van der Waals surface area (Å²) in [6, 6.07) is 0. The number of hydrogen-bond donors (Lipinski definition) is 1. The van der Waals surface area contributed by atoms with Crippen molar-refractivity contribution in [2.75, 3.05) is 0 Å². The van der Waals surface area contributed by atoms with Crippen LogP contribution < -0.4 is 0 Å². The van der Waals surface area contributed by atoms with Gasteiger partial charge in [0, 0.05) is 0 Å². The Bertz CT molecular complexity index is 133. The van der Waals surface area contributed by atoms with Crippen LogP contribution in [-0.4, -0.2) is 15.4 Å². The highest BCUT2D eigenvalue weighted by Gasteiger charge is 2.29. The normalized spacial score (nSPS) is 16.3. The van der Waals surface area contributed by atoms with Crippen molar-refractivity contribution in [1.82, 2.24) is 0 Å². The zero-order valence-corrected chi connectivity index (χ0v) is 7.03. The van der Waals surface area contributed by atoms with Crippen LogP contribution in [0.5, 0.6) is 0 Å². The predicted molar refractivity (Wildman–Crippen MR) is 39.8 cm³/mol. The van der Waals surface area contributed by atoms with Gasteiger partial charge in [0.05, 0.1) is 0 Å². The largest absolute Gasteiger partial charge is 0.480 e. The zero-order valence-electron chi connectivity index (χ0n) is 5.44. The van der Waals surface area contributed by atoms with E-state index in [4.69, 9.17) is 5.11 Å². The summed E-state index contributed by atoms with van der Waals surface area (Å²) in [5, 5.41) is 8.50. The second kappa shape index (κ2) is 2.52. The number of carbonyl (C=O) groups is 1. The Morgan fingerprint density at radius 3 is 2.11 bits per heavy atom. The van der Waals surface area contributed by atoms with Crippen LogP contribution in [0.25, 0.3) is 0 Å². The van der Waals surface area contributed by atoms with Crippen molar-refractivity contribution < 1.29 is 9.90 Å². The van der Waals surface area contributed by atoms with Crippen LogP contribution in [0.3, 0.4) is 0 Å². The van der Waals surface area contributed by atoms with Gasteiger partial charge in [-0.2, -0.15) is 0 Å². The van der Waals surface area contributed by atoms with Crippen molar-refractivity contribution in [3.8, 4) is 0 Å². The van der Waals surface area contributed by atoms with E-state index in [1.165, 1.54) is 0 Å². The van der Waals surface area contributed by atoms with Gasteiger partial charge in [0.1, 0.15) is 4.32 Å². The molecule has 0 amide bonds. The molecule has 0 fully saturated rings. The Morgan fingerprint density at radius 2 is 2.11 bits per heavy atom. The average Bonchev–Trinajstić information content (AvgIpc) is 1.65. The highest BCUT2D eigenvalue weighted by molar-refractivity contribution is 9.10. The lowest BCUT2D eigenvalue weighted by Crippen LogP contribution is -2.28. The molecule has 0 heterocycles. The van der Waals surface area contributed by atoms with Crippen LogP contribution in [0, 0.1) is 0 Å². The molecule has 3 heteroatoms. The molecular formula is C6H9BrO2. The molecule has 0 aliphatic carbocycles. The van der Waals surface area contributed by atoms with Crippen LogP contribution in [0.2, 0.25) is 0 Å². The number of halogens is 1. The molecular weight excluding hydrogens is 184 g/mol. The summed E-state index contributed by atoms with van der Waals surface area (Å²) >= 11 is 3.01. The first-order valence-electron chi connectivity index (χ1n) is 2.47. The SMILES string of the molecule is C=C(C)C(C)(Br)C(=O)O. The molecule has 0 spiro atoms. The maximum atomic E-state index is 10.4. The highest BCUT2D eigenvalue weighted by atomic mass is 79.9. The fourth-order valence-electron chi connectivity index (χ4n) is 0.183. The number of carboxylic acid groups (broad SMARTS) is 1. The highest BCUT2D eigenvalue weighted by Crippen LogP contribution is 2.24. The van der Waals surface area contributed by atoms with Crippen LogP contribution in [0.4, 0.5) is 0 Å². The van der Waals surface area contributed by atoms with Crippen molar-refractivity contribution in [2.24, 2.45) is 0 Å². The average molecular weight is 193 g/mol. The molecule has 2 nitrogen and oxygen atoms in total. The molecule has 0 aromatic heterocycles. The van der Waals surface area contributed by atoms with Gasteiger partial charge in [0.15, 0.2) is 0 Å². The number of aliphatic carboxylic acids is 1. The van der Waals surface area contributed by atoms with E-state index in [1.54, 1.807) is 13.8 Å². The first kappa shape index (κ1) is 8.69. The van der Waals surface area contributed by atoms with E-state index in [-0.39, 0.29) is 0 Å². The summed E-state index contributed by atoms with van der Waals surface area (Å²) in [6.45, 7) is 6.74. The van der Waals surface area contributed by atoms with Gasteiger partial charge in [-0.1, -0.05) is 28.1 Å². The van der Waals surface area contributed by atoms with Crippen molar-refractivity contribution in [2.45, 2.75) is 18.2 Å². The van der Waals surface area contributed by atoms with Crippen LogP contribution in [0.1, 0.15) is 13.8 Å². The smallest absolute Gasteiger partial charge is 0.324 e. The summed E-state index contributed by atoms with van der Waals surface area (Å²) in [6.07, 6.45) is 0. The van der Waals surface area contributed by atoms with Gasteiger partial charge >= 0.3 is 5.97 Å². The van der Waals surface area contributed by atoms with Gasteiger partial charge in [-0.3, -0.25) is 4.79 Å². The molecule has 1 atom stereocenters. The monoisotopic (exact) mass is 192 g/mol. The van der Waals surface area contributed by atoms with Gasteiger partial charge < -0.3 is 5.11 Å². The van der Waals surface area contributed by atoms with Crippen molar-refractivity contribution >= 4 is 21.9 Å². The minimum absolute atomic E-state index is 0.593. The van der Waals surface area contributed by atoms with Crippen molar-refractivity contribution in [3.63, 3.8) is 0 Å². The van der Waals surface area contributed by atoms with Gasteiger partial charge in [0.25, 0.3) is 0 Å². The Kier molecular flexibility index (Phi) is 2.43. The second-order valence-corrected chi connectivity index (χ2v) is 3.67. The standard InChI is InChI=1S/C6H9BrO2/c1-4(2)6(3,7)5(8)9/h1H2,2-3H3,(H,8,9). The van der Waals surface area contributed by atoms with Crippen LogP contribution >= 0.6 is 15.9 Å². The Balaban J connectivity index is 4.38. The lowest BCUT2D eigenvalue weighted by molar-refractivity contribution is -0.138. The third kappa shape index (κ3) is 1.82. The van der Waals surface area contributed by atoms with Crippen molar-refractivity contribution in [3.05, 3.63) is 12.2 Å². The first-order chi connectivity index (χ1) is 3.89. The quantitative estimate of drug-likeness (QED) is 0.536. The fourth-order valence-corrected chi connectivity index (χ4v) is 0.183. The van der Waals surface area contributed by atoms with E-state index in [0.717, 1.165) is 0 Å². The third-order valence-electron chi connectivity index (χ3n) is 1.20. The van der Waals surface area contributed by atoms with E-state index < -0.39 is 10.3 Å². The fraction of sp³-hybridized carbons (Fsp3) is 0.500. The third-order valence-corrected chi connectivity index (χ3v) is 2.22. The molecule has 9 heavy (non-hydrogen) atoms. The minimum Gasteiger partial charge on any atom is -0.480 e. The Hall–Kier alpha value is -0.310. The topological polar surface area (TPSA) is 37.3 Å². The van der Waals surface area contributed by atoms with E-state index in [9.17, 15) is 4.79 Å².